The maximum atomic E-state index is 13.4. The lowest BCUT2D eigenvalue weighted by atomic mass is 10.1. The minimum Gasteiger partial charge on any atom is -0.495 e. The zero-order chi connectivity index (χ0) is 22.6. The molecular formula is C21H17ClF3N3O2S. The average molecular weight is 468 g/mol. The SMILES string of the molecule is COc1ccc(Cl)cc1NC(=O)[C@@H](C)Sc1nc(-c2ccccc2)cc(C(F)(F)F)n1. The summed E-state index contributed by atoms with van der Waals surface area (Å²) < 4.78 is 45.3. The lowest BCUT2D eigenvalue weighted by Gasteiger charge is -2.15. The van der Waals surface area contributed by atoms with Crippen LogP contribution < -0.4 is 10.1 Å². The lowest BCUT2D eigenvalue weighted by Crippen LogP contribution is -2.23. The molecule has 1 amide bonds. The maximum absolute atomic E-state index is 13.4. The first-order valence-corrected chi connectivity index (χ1v) is 10.3. The minimum atomic E-state index is -4.65. The summed E-state index contributed by atoms with van der Waals surface area (Å²) >= 11 is 6.78. The second-order valence-corrected chi connectivity index (χ2v) is 8.12. The van der Waals surface area contributed by atoms with E-state index in [1.807, 2.05) is 0 Å². The normalized spacial score (nSPS) is 12.3. The van der Waals surface area contributed by atoms with Crippen LogP contribution in [0, 0.1) is 0 Å². The Kier molecular flexibility index (Phi) is 7.07. The fraction of sp³-hybridized carbons (Fsp3) is 0.190. The number of anilines is 1. The van der Waals surface area contributed by atoms with Gasteiger partial charge in [-0.3, -0.25) is 4.79 Å². The van der Waals surface area contributed by atoms with Crippen molar-refractivity contribution in [2.75, 3.05) is 12.4 Å². The van der Waals surface area contributed by atoms with Gasteiger partial charge in [-0.25, -0.2) is 9.97 Å². The Bertz CT molecular complexity index is 1080. The molecule has 2 aromatic carbocycles. The van der Waals surface area contributed by atoms with Crippen molar-refractivity contribution in [3.05, 3.63) is 65.3 Å². The zero-order valence-corrected chi connectivity index (χ0v) is 18.0. The highest BCUT2D eigenvalue weighted by Crippen LogP contribution is 2.33. The van der Waals surface area contributed by atoms with Crippen molar-refractivity contribution in [1.29, 1.82) is 0 Å². The van der Waals surface area contributed by atoms with Crippen molar-refractivity contribution in [3.63, 3.8) is 0 Å². The smallest absolute Gasteiger partial charge is 0.433 e. The summed E-state index contributed by atoms with van der Waals surface area (Å²) in [7, 11) is 1.44. The number of thioether (sulfide) groups is 1. The highest BCUT2D eigenvalue weighted by Gasteiger charge is 2.34. The monoisotopic (exact) mass is 467 g/mol. The van der Waals surface area contributed by atoms with Crippen LogP contribution in [0.1, 0.15) is 12.6 Å². The quantitative estimate of drug-likeness (QED) is 0.359. The van der Waals surface area contributed by atoms with E-state index in [1.54, 1.807) is 49.4 Å². The molecule has 1 heterocycles. The van der Waals surface area contributed by atoms with Crippen LogP contribution in [0.15, 0.2) is 59.8 Å². The van der Waals surface area contributed by atoms with E-state index in [1.165, 1.54) is 13.2 Å². The summed E-state index contributed by atoms with van der Waals surface area (Å²) in [6.07, 6.45) is -4.65. The molecule has 0 unspecified atom stereocenters. The predicted molar refractivity (Wildman–Crippen MR) is 114 cm³/mol. The number of nitrogens with zero attached hydrogens (tertiary/aromatic N) is 2. The molecule has 10 heteroatoms. The van der Waals surface area contributed by atoms with Crippen LogP contribution in [0.3, 0.4) is 0 Å². The summed E-state index contributed by atoms with van der Waals surface area (Å²) in [5, 5.41) is 2.11. The van der Waals surface area contributed by atoms with Crippen molar-refractivity contribution >= 4 is 35.0 Å². The first-order valence-electron chi connectivity index (χ1n) is 9.00. The fourth-order valence-electron chi connectivity index (χ4n) is 2.60. The van der Waals surface area contributed by atoms with E-state index < -0.39 is 23.0 Å². The van der Waals surface area contributed by atoms with Crippen LogP contribution >= 0.6 is 23.4 Å². The van der Waals surface area contributed by atoms with Gasteiger partial charge in [0.25, 0.3) is 0 Å². The number of methoxy groups -OCH3 is 1. The van der Waals surface area contributed by atoms with Crippen LogP contribution in [-0.2, 0) is 11.0 Å². The van der Waals surface area contributed by atoms with Gasteiger partial charge in [-0.1, -0.05) is 53.7 Å². The molecule has 0 spiro atoms. The number of carbonyl (C=O) groups excluding carboxylic acids is 1. The molecule has 3 aromatic rings. The number of halogens is 4. The number of alkyl halides is 3. The van der Waals surface area contributed by atoms with E-state index in [0.717, 1.165) is 17.8 Å². The largest absolute Gasteiger partial charge is 0.495 e. The highest BCUT2D eigenvalue weighted by atomic mass is 35.5. The molecule has 0 fully saturated rings. The lowest BCUT2D eigenvalue weighted by molar-refractivity contribution is -0.141. The van der Waals surface area contributed by atoms with E-state index >= 15 is 0 Å². The van der Waals surface area contributed by atoms with Crippen molar-refractivity contribution in [2.24, 2.45) is 0 Å². The molecule has 0 saturated heterocycles. The molecule has 1 N–H and O–H groups in total. The number of amides is 1. The molecule has 0 aliphatic heterocycles. The molecule has 3 rings (SSSR count). The Morgan fingerprint density at radius 1 is 1.13 bits per heavy atom. The third kappa shape index (κ3) is 5.89. The molecule has 162 valence electrons. The zero-order valence-electron chi connectivity index (χ0n) is 16.4. The van der Waals surface area contributed by atoms with Gasteiger partial charge in [-0.2, -0.15) is 13.2 Å². The van der Waals surface area contributed by atoms with Crippen LogP contribution in [0.25, 0.3) is 11.3 Å². The third-order valence-corrected chi connectivity index (χ3v) is 5.33. The number of aromatic nitrogens is 2. The highest BCUT2D eigenvalue weighted by molar-refractivity contribution is 8.00. The predicted octanol–water partition coefficient (Wildman–Crippen LogP) is 5.94. The molecule has 31 heavy (non-hydrogen) atoms. The van der Waals surface area contributed by atoms with Gasteiger partial charge in [-0.05, 0) is 31.2 Å². The Labute approximate surface area is 186 Å². The molecule has 0 bridgehead atoms. The van der Waals surface area contributed by atoms with E-state index in [0.29, 0.717) is 22.0 Å². The van der Waals surface area contributed by atoms with E-state index in [2.05, 4.69) is 15.3 Å². The Balaban J connectivity index is 1.86. The fourth-order valence-corrected chi connectivity index (χ4v) is 3.56. The topological polar surface area (TPSA) is 64.1 Å². The van der Waals surface area contributed by atoms with Crippen LogP contribution in [0.5, 0.6) is 5.75 Å². The van der Waals surface area contributed by atoms with E-state index in [4.69, 9.17) is 16.3 Å². The van der Waals surface area contributed by atoms with Crippen molar-refractivity contribution in [2.45, 2.75) is 23.5 Å². The molecular weight excluding hydrogens is 451 g/mol. The van der Waals surface area contributed by atoms with Gasteiger partial charge < -0.3 is 10.1 Å². The van der Waals surface area contributed by atoms with E-state index in [-0.39, 0.29) is 10.9 Å². The summed E-state index contributed by atoms with van der Waals surface area (Å²) in [6.45, 7) is 1.54. The standard InChI is InChI=1S/C21H17ClF3N3O2S/c1-12(19(29)26-16-10-14(22)8-9-17(16)30-2)31-20-27-15(13-6-4-3-5-7-13)11-18(28-20)21(23,24)25/h3-12H,1-2H3,(H,26,29)/t12-/m1/s1. The Morgan fingerprint density at radius 2 is 1.84 bits per heavy atom. The van der Waals surface area contributed by atoms with Gasteiger partial charge in [0.1, 0.15) is 11.4 Å². The molecule has 0 radical (unpaired) electrons. The first kappa shape index (κ1) is 22.9. The summed E-state index contributed by atoms with van der Waals surface area (Å²) in [4.78, 5) is 20.5. The van der Waals surface area contributed by atoms with Crippen LogP contribution in [-0.4, -0.2) is 28.2 Å². The van der Waals surface area contributed by atoms with Crippen molar-refractivity contribution in [3.8, 4) is 17.0 Å². The van der Waals surface area contributed by atoms with Gasteiger partial charge in [0.15, 0.2) is 5.16 Å². The number of carbonyl (C=O) groups is 1. The van der Waals surface area contributed by atoms with Crippen molar-refractivity contribution < 1.29 is 22.7 Å². The Hall–Kier alpha value is -2.78. The maximum Gasteiger partial charge on any atom is 0.433 e. The average Bonchev–Trinajstić information content (AvgIpc) is 2.73. The number of ether oxygens (including phenoxy) is 1. The molecule has 1 aromatic heterocycles. The second kappa shape index (κ2) is 9.57. The number of benzene rings is 2. The van der Waals surface area contributed by atoms with Crippen LogP contribution in [0.4, 0.5) is 18.9 Å². The van der Waals surface area contributed by atoms with Gasteiger partial charge in [0, 0.05) is 10.6 Å². The third-order valence-electron chi connectivity index (χ3n) is 4.14. The number of hydrogen-bond acceptors (Lipinski definition) is 5. The van der Waals surface area contributed by atoms with Crippen molar-refractivity contribution in [1.82, 2.24) is 9.97 Å². The molecule has 0 aliphatic rings. The molecule has 0 aliphatic carbocycles. The summed E-state index contributed by atoms with van der Waals surface area (Å²) in [6, 6.07) is 14.1. The summed E-state index contributed by atoms with van der Waals surface area (Å²) in [5.41, 5.74) is -0.0945. The molecule has 1 atom stereocenters. The van der Waals surface area contributed by atoms with Gasteiger partial charge in [0.05, 0.1) is 23.7 Å². The summed E-state index contributed by atoms with van der Waals surface area (Å²) in [5.74, 6) is -0.0653. The van der Waals surface area contributed by atoms with Crippen LogP contribution in [0.2, 0.25) is 5.02 Å². The molecule has 5 nitrogen and oxygen atoms in total. The number of hydrogen-bond donors (Lipinski definition) is 1. The number of rotatable bonds is 6. The molecule has 0 saturated carbocycles. The second-order valence-electron chi connectivity index (χ2n) is 6.38. The van der Waals surface area contributed by atoms with Gasteiger partial charge in [0.2, 0.25) is 5.91 Å². The first-order chi connectivity index (χ1) is 14.7. The van der Waals surface area contributed by atoms with Gasteiger partial charge in [-0.15, -0.1) is 0 Å². The minimum absolute atomic E-state index is 0.120. The number of nitrogens with one attached hydrogen (secondary N) is 1. The van der Waals surface area contributed by atoms with E-state index in [9.17, 15) is 18.0 Å². The Morgan fingerprint density at radius 3 is 2.48 bits per heavy atom. The van der Waals surface area contributed by atoms with Gasteiger partial charge >= 0.3 is 6.18 Å².